The van der Waals surface area contributed by atoms with Gasteiger partial charge in [0, 0.05) is 16.9 Å². The Morgan fingerprint density at radius 2 is 1.45 bits per heavy atom. The quantitative estimate of drug-likeness (QED) is 0.201. The van der Waals surface area contributed by atoms with Crippen LogP contribution in [0.2, 0.25) is 0 Å². The van der Waals surface area contributed by atoms with Crippen LogP contribution in [0, 0.1) is 0 Å². The number of para-hydroxylation sites is 1. The highest BCUT2D eigenvalue weighted by Crippen LogP contribution is 2.30. The number of methoxy groups -OCH3 is 2. The molecule has 0 aliphatic rings. The van der Waals surface area contributed by atoms with Crippen molar-refractivity contribution >= 4 is 35.3 Å². The molecule has 3 aromatic carbocycles. The van der Waals surface area contributed by atoms with Crippen LogP contribution < -0.4 is 35.0 Å². The van der Waals surface area contributed by atoms with Gasteiger partial charge in [0.15, 0.2) is 18.1 Å². The Balaban J connectivity index is 1.58. The van der Waals surface area contributed by atoms with Crippen molar-refractivity contribution in [2.45, 2.75) is 6.92 Å². The highest BCUT2D eigenvalue weighted by Gasteiger charge is 2.15. The number of ether oxygens (including phenoxy) is 4. The van der Waals surface area contributed by atoms with E-state index in [0.29, 0.717) is 40.8 Å². The molecular formula is C27H28N4O7. The average molecular weight is 521 g/mol. The Hall–Kier alpha value is -5.06. The summed E-state index contributed by atoms with van der Waals surface area (Å²) in [7, 11) is 2.98. The summed E-state index contributed by atoms with van der Waals surface area (Å²) in [6.45, 7) is 2.12. The molecule has 3 rings (SSSR count). The van der Waals surface area contributed by atoms with Crippen LogP contribution in [0.4, 0.5) is 11.4 Å². The van der Waals surface area contributed by atoms with E-state index in [4.69, 9.17) is 18.9 Å². The fourth-order valence-electron chi connectivity index (χ4n) is 3.16. The summed E-state index contributed by atoms with van der Waals surface area (Å²) in [5.74, 6) is -0.375. The number of nitrogens with zero attached hydrogens (tertiary/aromatic N) is 1. The molecule has 0 aliphatic heterocycles. The smallest absolute Gasteiger partial charge is 0.329 e. The number of amides is 3. The van der Waals surface area contributed by atoms with Crippen molar-refractivity contribution in [1.82, 2.24) is 5.43 Å². The van der Waals surface area contributed by atoms with E-state index in [0.717, 1.165) is 0 Å². The largest absolute Gasteiger partial charge is 0.497 e. The van der Waals surface area contributed by atoms with Crippen molar-refractivity contribution in [1.29, 1.82) is 0 Å². The van der Waals surface area contributed by atoms with Gasteiger partial charge < -0.3 is 29.6 Å². The van der Waals surface area contributed by atoms with Crippen LogP contribution in [-0.2, 0) is 14.4 Å². The number of anilines is 2. The summed E-state index contributed by atoms with van der Waals surface area (Å²) in [6.07, 6.45) is 1.28. The van der Waals surface area contributed by atoms with E-state index < -0.39 is 17.7 Å². The molecule has 0 bridgehead atoms. The van der Waals surface area contributed by atoms with Crippen LogP contribution in [0.5, 0.6) is 23.0 Å². The zero-order chi connectivity index (χ0) is 27.3. The lowest BCUT2D eigenvalue weighted by Gasteiger charge is -2.13. The molecule has 0 heterocycles. The number of benzene rings is 3. The van der Waals surface area contributed by atoms with E-state index in [1.165, 1.54) is 20.4 Å². The highest BCUT2D eigenvalue weighted by molar-refractivity contribution is 6.39. The Morgan fingerprint density at radius 3 is 2.08 bits per heavy atom. The van der Waals surface area contributed by atoms with Crippen molar-refractivity contribution in [3.8, 4) is 23.0 Å². The van der Waals surface area contributed by atoms with Gasteiger partial charge in [-0.3, -0.25) is 14.4 Å². The zero-order valence-electron chi connectivity index (χ0n) is 21.1. The maximum Gasteiger partial charge on any atom is 0.329 e. The first-order valence-electron chi connectivity index (χ1n) is 11.5. The van der Waals surface area contributed by atoms with Crippen molar-refractivity contribution in [2.75, 3.05) is 38.1 Å². The van der Waals surface area contributed by atoms with Gasteiger partial charge >= 0.3 is 11.8 Å². The molecule has 11 nitrogen and oxygen atoms in total. The zero-order valence-corrected chi connectivity index (χ0v) is 21.1. The van der Waals surface area contributed by atoms with Crippen molar-refractivity contribution in [3.05, 3.63) is 72.3 Å². The second-order valence-electron chi connectivity index (χ2n) is 7.55. The summed E-state index contributed by atoms with van der Waals surface area (Å²) in [5.41, 5.74) is 3.57. The molecule has 0 atom stereocenters. The molecule has 0 fully saturated rings. The van der Waals surface area contributed by atoms with Gasteiger partial charge in [0.1, 0.15) is 11.5 Å². The number of carbonyl (C=O) groups excluding carboxylic acids is 3. The number of hydrazone groups is 1. The van der Waals surface area contributed by atoms with Crippen molar-refractivity contribution in [3.63, 3.8) is 0 Å². The minimum Gasteiger partial charge on any atom is -0.497 e. The molecule has 0 aliphatic carbocycles. The number of rotatable bonds is 11. The first-order chi connectivity index (χ1) is 18.4. The lowest BCUT2D eigenvalue weighted by molar-refractivity contribution is -0.136. The molecule has 0 aromatic heterocycles. The predicted molar refractivity (Wildman–Crippen MR) is 142 cm³/mol. The molecule has 0 radical (unpaired) electrons. The Kier molecular flexibility index (Phi) is 10.1. The van der Waals surface area contributed by atoms with Crippen LogP contribution in [0.1, 0.15) is 12.5 Å². The minimum absolute atomic E-state index is 0.234. The first-order valence-corrected chi connectivity index (χ1v) is 11.5. The van der Waals surface area contributed by atoms with Gasteiger partial charge in [-0.15, -0.1) is 0 Å². The van der Waals surface area contributed by atoms with Gasteiger partial charge in [-0.05, 0) is 67.6 Å². The summed E-state index contributed by atoms with van der Waals surface area (Å²) >= 11 is 0. The maximum absolute atomic E-state index is 12.4. The molecule has 0 saturated heterocycles. The third-order valence-corrected chi connectivity index (χ3v) is 4.95. The summed E-state index contributed by atoms with van der Waals surface area (Å²) in [5, 5.41) is 9.02. The van der Waals surface area contributed by atoms with Crippen LogP contribution in [0.15, 0.2) is 71.8 Å². The Bertz CT molecular complexity index is 1280. The summed E-state index contributed by atoms with van der Waals surface area (Å²) < 4.78 is 21.5. The molecule has 0 saturated carbocycles. The number of carbonyl (C=O) groups is 3. The highest BCUT2D eigenvalue weighted by atomic mass is 16.5. The van der Waals surface area contributed by atoms with Gasteiger partial charge in [-0.2, -0.15) is 5.10 Å². The molecule has 0 spiro atoms. The normalized spacial score (nSPS) is 10.4. The second kappa shape index (κ2) is 13.9. The van der Waals surface area contributed by atoms with E-state index in [1.807, 2.05) is 6.92 Å². The SMILES string of the molecule is CCOc1ccc(NC(=O)COc2c(/C=N\NC(=O)C(=O)Nc3ccc(OC)cc3)cccc2OC)cc1. The average Bonchev–Trinajstić information content (AvgIpc) is 2.93. The third kappa shape index (κ3) is 7.98. The van der Waals surface area contributed by atoms with Gasteiger partial charge in [-0.25, -0.2) is 5.43 Å². The van der Waals surface area contributed by atoms with Crippen LogP contribution in [0.25, 0.3) is 0 Å². The summed E-state index contributed by atoms with van der Waals surface area (Å²) in [4.78, 5) is 36.7. The minimum atomic E-state index is -0.975. The molecular weight excluding hydrogens is 492 g/mol. The fourth-order valence-corrected chi connectivity index (χ4v) is 3.16. The monoisotopic (exact) mass is 520 g/mol. The van der Waals surface area contributed by atoms with Crippen molar-refractivity contribution < 1.29 is 33.3 Å². The fraction of sp³-hybridized carbons (Fsp3) is 0.185. The molecule has 3 amide bonds. The van der Waals surface area contributed by atoms with E-state index in [-0.39, 0.29) is 12.4 Å². The summed E-state index contributed by atoms with van der Waals surface area (Å²) in [6, 6.07) is 18.4. The second-order valence-corrected chi connectivity index (χ2v) is 7.55. The van der Waals surface area contributed by atoms with Gasteiger partial charge in [-0.1, -0.05) is 6.07 Å². The predicted octanol–water partition coefficient (Wildman–Crippen LogP) is 3.21. The van der Waals surface area contributed by atoms with E-state index in [1.54, 1.807) is 66.7 Å². The van der Waals surface area contributed by atoms with E-state index >= 15 is 0 Å². The molecule has 3 N–H and O–H groups in total. The lowest BCUT2D eigenvalue weighted by Crippen LogP contribution is -2.32. The van der Waals surface area contributed by atoms with Gasteiger partial charge in [0.2, 0.25) is 0 Å². The first kappa shape index (κ1) is 27.5. The van der Waals surface area contributed by atoms with E-state index in [2.05, 4.69) is 21.2 Å². The van der Waals surface area contributed by atoms with Crippen LogP contribution in [-0.4, -0.2) is 51.4 Å². The molecule has 11 heteroatoms. The standard InChI is InChI=1S/C27H28N4O7/c1-4-37-22-14-10-19(11-15-22)29-24(32)17-38-25-18(6-5-7-23(25)36-3)16-28-31-27(34)26(33)30-20-8-12-21(35-2)13-9-20/h5-16H,4,17H2,1-3H3,(H,29,32)(H,30,33)(H,31,34)/b28-16-. The van der Waals surface area contributed by atoms with Gasteiger partial charge in [0.05, 0.1) is 27.0 Å². The molecule has 38 heavy (non-hydrogen) atoms. The Labute approximate surface area is 219 Å². The van der Waals surface area contributed by atoms with Crippen molar-refractivity contribution in [2.24, 2.45) is 5.10 Å². The maximum atomic E-state index is 12.4. The molecule has 0 unspecified atom stereocenters. The Morgan fingerprint density at radius 1 is 0.789 bits per heavy atom. The van der Waals surface area contributed by atoms with Crippen LogP contribution in [0.3, 0.4) is 0 Å². The van der Waals surface area contributed by atoms with Crippen LogP contribution >= 0.6 is 0 Å². The lowest BCUT2D eigenvalue weighted by atomic mass is 10.2. The number of hydrogen-bond donors (Lipinski definition) is 3. The number of nitrogens with one attached hydrogen (secondary N) is 3. The van der Waals surface area contributed by atoms with E-state index in [9.17, 15) is 14.4 Å². The third-order valence-electron chi connectivity index (χ3n) is 4.95. The molecule has 3 aromatic rings. The van der Waals surface area contributed by atoms with Gasteiger partial charge in [0.25, 0.3) is 5.91 Å². The number of hydrogen-bond acceptors (Lipinski definition) is 8. The topological polar surface area (TPSA) is 137 Å². The molecule has 198 valence electrons.